The van der Waals surface area contributed by atoms with E-state index in [0.29, 0.717) is 26.1 Å². The fraction of sp³-hybridized carbons (Fsp3) is 0.667. The van der Waals surface area contributed by atoms with Crippen LogP contribution in [0.25, 0.3) is 0 Å². The number of amides is 1. The number of nitrogens with zero attached hydrogens (tertiary/aromatic N) is 2. The fourth-order valence-corrected chi connectivity index (χ4v) is 1.54. The van der Waals surface area contributed by atoms with Gasteiger partial charge in [-0.1, -0.05) is 0 Å². The van der Waals surface area contributed by atoms with Crippen LogP contribution in [0.1, 0.15) is 12.0 Å². The zero-order chi connectivity index (χ0) is 13.2. The Bertz CT molecular complexity index is 352. The minimum atomic E-state index is 0.0564. The van der Waals surface area contributed by atoms with E-state index in [2.05, 4.69) is 15.7 Å². The molecule has 1 rings (SSSR count). The van der Waals surface area contributed by atoms with Crippen molar-refractivity contribution in [2.24, 2.45) is 7.05 Å². The van der Waals surface area contributed by atoms with Crippen molar-refractivity contribution < 1.29 is 9.53 Å². The van der Waals surface area contributed by atoms with Crippen molar-refractivity contribution in [3.63, 3.8) is 0 Å². The first-order chi connectivity index (χ1) is 8.72. The molecule has 0 aliphatic carbocycles. The summed E-state index contributed by atoms with van der Waals surface area (Å²) in [6.07, 6.45) is 5.29. The second kappa shape index (κ2) is 8.66. The Labute approximate surface area is 108 Å². The molecule has 0 saturated heterocycles. The molecule has 0 aliphatic rings. The van der Waals surface area contributed by atoms with Crippen LogP contribution in [0.3, 0.4) is 0 Å². The molecule has 6 heteroatoms. The minimum Gasteiger partial charge on any atom is -0.383 e. The van der Waals surface area contributed by atoms with Gasteiger partial charge < -0.3 is 15.4 Å². The van der Waals surface area contributed by atoms with Crippen molar-refractivity contribution in [1.82, 2.24) is 20.4 Å². The number of aryl methyl sites for hydroxylation is 1. The summed E-state index contributed by atoms with van der Waals surface area (Å²) in [6, 6.07) is 0. The van der Waals surface area contributed by atoms with Gasteiger partial charge in [0.15, 0.2) is 0 Å². The highest BCUT2D eigenvalue weighted by Gasteiger charge is 2.00. The molecule has 0 atom stereocenters. The largest absolute Gasteiger partial charge is 0.383 e. The summed E-state index contributed by atoms with van der Waals surface area (Å²) in [5, 5.41) is 10.1. The lowest BCUT2D eigenvalue weighted by atomic mass is 10.2. The van der Waals surface area contributed by atoms with Gasteiger partial charge in [-0.3, -0.25) is 9.48 Å². The molecular weight excluding hydrogens is 232 g/mol. The van der Waals surface area contributed by atoms with Crippen LogP contribution in [0.15, 0.2) is 12.4 Å². The Kier molecular flexibility index (Phi) is 7.05. The van der Waals surface area contributed by atoms with Gasteiger partial charge in [0.25, 0.3) is 0 Å². The van der Waals surface area contributed by atoms with Crippen LogP contribution in [-0.2, 0) is 23.0 Å². The Morgan fingerprint density at radius 1 is 1.44 bits per heavy atom. The molecule has 6 nitrogen and oxygen atoms in total. The van der Waals surface area contributed by atoms with E-state index >= 15 is 0 Å². The number of hydrogen-bond acceptors (Lipinski definition) is 4. The van der Waals surface area contributed by atoms with E-state index in [1.807, 2.05) is 19.4 Å². The highest BCUT2D eigenvalue weighted by molar-refractivity contribution is 5.75. The predicted octanol–water partition coefficient (Wildman–Crippen LogP) is -0.295. The van der Waals surface area contributed by atoms with E-state index in [-0.39, 0.29) is 5.91 Å². The SMILES string of the molecule is COCCNC(=O)CCNCCc1cnn(C)c1. The molecular formula is C12H22N4O2. The van der Waals surface area contributed by atoms with Crippen LogP contribution >= 0.6 is 0 Å². The molecule has 1 aromatic heterocycles. The van der Waals surface area contributed by atoms with Gasteiger partial charge >= 0.3 is 0 Å². The van der Waals surface area contributed by atoms with Crippen LogP contribution in [0.2, 0.25) is 0 Å². The third-order valence-corrected chi connectivity index (χ3v) is 2.51. The van der Waals surface area contributed by atoms with Crippen molar-refractivity contribution in [3.05, 3.63) is 18.0 Å². The summed E-state index contributed by atoms with van der Waals surface area (Å²) >= 11 is 0. The number of ether oxygens (including phenoxy) is 1. The molecule has 0 aliphatic heterocycles. The van der Waals surface area contributed by atoms with Crippen LogP contribution in [-0.4, -0.2) is 49.0 Å². The smallest absolute Gasteiger partial charge is 0.221 e. The third kappa shape index (κ3) is 6.36. The zero-order valence-electron chi connectivity index (χ0n) is 11.1. The van der Waals surface area contributed by atoms with Crippen molar-refractivity contribution >= 4 is 5.91 Å². The van der Waals surface area contributed by atoms with Gasteiger partial charge in [0, 0.05) is 39.9 Å². The van der Waals surface area contributed by atoms with Gasteiger partial charge in [0.1, 0.15) is 0 Å². The molecule has 0 saturated carbocycles. The maximum absolute atomic E-state index is 11.3. The van der Waals surface area contributed by atoms with Gasteiger partial charge in [-0.25, -0.2) is 0 Å². The maximum Gasteiger partial charge on any atom is 0.221 e. The van der Waals surface area contributed by atoms with E-state index < -0.39 is 0 Å². The van der Waals surface area contributed by atoms with Crippen molar-refractivity contribution in [3.8, 4) is 0 Å². The first kappa shape index (κ1) is 14.7. The standard InChI is InChI=1S/C12H22N4O2/c1-16-10-11(9-15-16)3-5-13-6-4-12(17)14-7-8-18-2/h9-10,13H,3-8H2,1-2H3,(H,14,17). The number of carbonyl (C=O) groups excluding carboxylic acids is 1. The summed E-state index contributed by atoms with van der Waals surface area (Å²) in [5.41, 5.74) is 1.20. The Hall–Kier alpha value is -1.40. The van der Waals surface area contributed by atoms with E-state index in [4.69, 9.17) is 4.74 Å². The van der Waals surface area contributed by atoms with Gasteiger partial charge in [0.05, 0.1) is 12.8 Å². The molecule has 18 heavy (non-hydrogen) atoms. The topological polar surface area (TPSA) is 68.2 Å². The van der Waals surface area contributed by atoms with Crippen molar-refractivity contribution in [2.75, 3.05) is 33.4 Å². The second-order valence-corrected chi connectivity index (χ2v) is 4.12. The van der Waals surface area contributed by atoms with E-state index in [0.717, 1.165) is 13.0 Å². The highest BCUT2D eigenvalue weighted by Crippen LogP contribution is 1.95. The molecule has 0 aromatic carbocycles. The average Bonchev–Trinajstić information content (AvgIpc) is 2.75. The van der Waals surface area contributed by atoms with Crippen LogP contribution in [0.5, 0.6) is 0 Å². The molecule has 1 heterocycles. The lowest BCUT2D eigenvalue weighted by Gasteiger charge is -2.05. The average molecular weight is 254 g/mol. The summed E-state index contributed by atoms with van der Waals surface area (Å²) in [7, 11) is 3.52. The van der Waals surface area contributed by atoms with E-state index in [1.54, 1.807) is 11.8 Å². The summed E-state index contributed by atoms with van der Waals surface area (Å²) in [6.45, 7) is 2.68. The molecule has 102 valence electrons. The van der Waals surface area contributed by atoms with Crippen LogP contribution < -0.4 is 10.6 Å². The molecule has 0 spiro atoms. The Balaban J connectivity index is 1.96. The number of nitrogens with one attached hydrogen (secondary N) is 2. The number of aromatic nitrogens is 2. The summed E-state index contributed by atoms with van der Waals surface area (Å²) < 4.78 is 6.64. The first-order valence-corrected chi connectivity index (χ1v) is 6.16. The summed E-state index contributed by atoms with van der Waals surface area (Å²) in [4.78, 5) is 11.3. The minimum absolute atomic E-state index is 0.0564. The molecule has 1 aromatic rings. The molecule has 0 fully saturated rings. The lowest BCUT2D eigenvalue weighted by Crippen LogP contribution is -2.30. The number of methoxy groups -OCH3 is 1. The monoisotopic (exact) mass is 254 g/mol. The maximum atomic E-state index is 11.3. The van der Waals surface area contributed by atoms with Crippen LogP contribution in [0, 0.1) is 0 Å². The van der Waals surface area contributed by atoms with Gasteiger partial charge in [-0.2, -0.15) is 5.10 Å². The fourth-order valence-electron chi connectivity index (χ4n) is 1.54. The number of hydrogen-bond donors (Lipinski definition) is 2. The predicted molar refractivity (Wildman–Crippen MR) is 69.3 cm³/mol. The molecule has 0 unspecified atom stereocenters. The zero-order valence-corrected chi connectivity index (χ0v) is 11.1. The lowest BCUT2D eigenvalue weighted by molar-refractivity contribution is -0.121. The molecule has 0 radical (unpaired) electrons. The molecule has 0 bridgehead atoms. The van der Waals surface area contributed by atoms with Gasteiger partial charge in [0.2, 0.25) is 5.91 Å². The van der Waals surface area contributed by atoms with E-state index in [1.165, 1.54) is 5.56 Å². The second-order valence-electron chi connectivity index (χ2n) is 4.12. The van der Waals surface area contributed by atoms with Crippen molar-refractivity contribution in [1.29, 1.82) is 0 Å². The van der Waals surface area contributed by atoms with Crippen molar-refractivity contribution in [2.45, 2.75) is 12.8 Å². The van der Waals surface area contributed by atoms with Gasteiger partial charge in [-0.15, -0.1) is 0 Å². The quantitative estimate of drug-likeness (QED) is 0.594. The Morgan fingerprint density at radius 3 is 2.94 bits per heavy atom. The number of rotatable bonds is 9. The number of carbonyl (C=O) groups is 1. The Morgan fingerprint density at radius 2 is 2.28 bits per heavy atom. The molecule has 1 amide bonds. The third-order valence-electron chi connectivity index (χ3n) is 2.51. The van der Waals surface area contributed by atoms with Crippen LogP contribution in [0.4, 0.5) is 0 Å². The van der Waals surface area contributed by atoms with E-state index in [9.17, 15) is 4.79 Å². The summed E-state index contributed by atoms with van der Waals surface area (Å²) in [5.74, 6) is 0.0564. The van der Waals surface area contributed by atoms with Gasteiger partial charge in [-0.05, 0) is 18.5 Å². The molecule has 2 N–H and O–H groups in total. The normalized spacial score (nSPS) is 10.6. The first-order valence-electron chi connectivity index (χ1n) is 6.16. The highest BCUT2D eigenvalue weighted by atomic mass is 16.5.